The van der Waals surface area contributed by atoms with Crippen LogP contribution in [0.5, 0.6) is 0 Å². The summed E-state index contributed by atoms with van der Waals surface area (Å²) in [6.45, 7) is 0. The molecule has 0 amide bonds. The zero-order chi connectivity index (χ0) is 2.71. The fourth-order valence-corrected chi connectivity index (χ4v) is 0. The summed E-state index contributed by atoms with van der Waals surface area (Å²) >= 11 is 0. The van der Waals surface area contributed by atoms with E-state index in [1.807, 2.05) is 0 Å². The second-order valence-electron chi connectivity index (χ2n) is 0.0833. The zero-order valence-corrected chi connectivity index (χ0v) is 3.62. The maximum Gasteiger partial charge on any atom is 0.549 e. The molecule has 0 bridgehead atoms. The second-order valence-corrected chi connectivity index (χ2v) is 0.250. The Morgan fingerprint density at radius 1 is 1.25 bits per heavy atom. The molecule has 0 aromatic heterocycles. The van der Waals surface area contributed by atoms with Crippen molar-refractivity contribution in [1.82, 2.24) is 0 Å². The first-order chi connectivity index (χ1) is 1.41. The van der Waals surface area contributed by atoms with Gasteiger partial charge in [-0.1, -0.05) is 0 Å². The largest absolute Gasteiger partial charge is 0.549 e. The van der Waals surface area contributed by atoms with Crippen LogP contribution in [-0.2, 0) is 25.4 Å². The Morgan fingerprint density at radius 2 is 1.25 bits per heavy atom. The van der Waals surface area contributed by atoms with Crippen LogP contribution in [0.4, 0.5) is 0 Å². The van der Waals surface area contributed by atoms with Gasteiger partial charge in [0.1, 0.15) is 0 Å². The molecular weight excluding hydrogens is 119 g/mol. The smallest absolute Gasteiger partial charge is 0.274 e. The molecule has 4 heavy (non-hydrogen) atoms. The quantitative estimate of drug-likeness (QED) is 0.398. The summed E-state index contributed by atoms with van der Waals surface area (Å²) in [6.07, 6.45) is 0. The Balaban J connectivity index is 0. The molecule has 0 heterocycles. The summed E-state index contributed by atoms with van der Waals surface area (Å²) < 4.78 is 16.8. The van der Waals surface area contributed by atoms with Gasteiger partial charge in [-0.25, -0.2) is 0 Å². The van der Waals surface area contributed by atoms with Crippen molar-refractivity contribution in [3.05, 3.63) is 0 Å². The van der Waals surface area contributed by atoms with Gasteiger partial charge in [0, 0.05) is 16.5 Å². The Bertz CT molecular complexity index is 27.0. The van der Waals surface area contributed by atoms with Gasteiger partial charge in [-0.2, -0.15) is 0 Å². The van der Waals surface area contributed by atoms with Gasteiger partial charge >= 0.3 is 9.29 Å². The molecule has 0 aromatic carbocycles. The summed E-state index contributed by atoms with van der Waals surface area (Å²) in [5.41, 5.74) is 0. The average molecular weight is 119 g/mol. The monoisotopic (exact) mass is 118 g/mol. The Hall–Kier alpha value is 0.310. The van der Waals surface area contributed by atoms with Gasteiger partial charge in [0.15, 0.2) is 0 Å². The van der Waals surface area contributed by atoms with Crippen LogP contribution in [0.1, 0.15) is 0 Å². The Kier molecular flexibility index (Phi) is 22.8. The SMILES string of the molecule is O=[Si]=O.[Ni]. The zero-order valence-electron chi connectivity index (χ0n) is 1.63. The third-order valence-corrected chi connectivity index (χ3v) is 0. The van der Waals surface area contributed by atoms with Crippen molar-refractivity contribution in [2.24, 2.45) is 0 Å². The van der Waals surface area contributed by atoms with E-state index in [9.17, 15) is 0 Å². The fraction of sp³-hybridized carbons (Fsp3) is 0. The van der Waals surface area contributed by atoms with Crippen LogP contribution in [0, 0.1) is 0 Å². The summed E-state index contributed by atoms with van der Waals surface area (Å²) in [5.74, 6) is 0. The molecule has 0 radical (unpaired) electrons. The minimum Gasteiger partial charge on any atom is -0.274 e. The molecule has 0 fully saturated rings. The summed E-state index contributed by atoms with van der Waals surface area (Å²) in [6, 6.07) is 0. The molecule has 26 valence electrons. The van der Waals surface area contributed by atoms with Crippen LogP contribution in [0.25, 0.3) is 0 Å². The van der Waals surface area contributed by atoms with Crippen LogP contribution in [0.2, 0.25) is 0 Å². The second kappa shape index (κ2) is 10.3. The molecule has 0 aliphatic heterocycles. The molecular formula is NiO2Si. The van der Waals surface area contributed by atoms with Crippen molar-refractivity contribution in [2.45, 2.75) is 0 Å². The topological polar surface area (TPSA) is 34.1 Å². The first-order valence-electron chi connectivity index (χ1n) is 0.408. The van der Waals surface area contributed by atoms with Gasteiger partial charge in [-0.3, -0.25) is 8.92 Å². The van der Waals surface area contributed by atoms with Crippen LogP contribution in [0.15, 0.2) is 0 Å². The van der Waals surface area contributed by atoms with Gasteiger partial charge in [0.2, 0.25) is 0 Å². The van der Waals surface area contributed by atoms with Gasteiger partial charge in [-0.15, -0.1) is 0 Å². The molecule has 0 aliphatic carbocycles. The van der Waals surface area contributed by atoms with Crippen LogP contribution in [0.3, 0.4) is 0 Å². The first kappa shape index (κ1) is 8.85. The minimum atomic E-state index is -1.42. The molecule has 0 N–H and O–H groups in total. The number of hydrogen-bond donors (Lipinski definition) is 0. The summed E-state index contributed by atoms with van der Waals surface area (Å²) in [4.78, 5) is 0. The van der Waals surface area contributed by atoms with Crippen LogP contribution in [-0.4, -0.2) is 9.29 Å². The molecule has 0 atom stereocenters. The van der Waals surface area contributed by atoms with E-state index in [0.717, 1.165) is 0 Å². The van der Waals surface area contributed by atoms with E-state index in [1.54, 1.807) is 0 Å². The van der Waals surface area contributed by atoms with E-state index in [2.05, 4.69) is 0 Å². The molecule has 0 saturated carbocycles. The van der Waals surface area contributed by atoms with E-state index in [4.69, 9.17) is 8.92 Å². The normalized spacial score (nSPS) is 2.00. The van der Waals surface area contributed by atoms with E-state index in [0.29, 0.717) is 0 Å². The van der Waals surface area contributed by atoms with Crippen LogP contribution >= 0.6 is 0 Å². The predicted octanol–water partition coefficient (Wildman–Crippen LogP) is -0.621. The van der Waals surface area contributed by atoms with E-state index < -0.39 is 9.29 Å². The predicted molar refractivity (Wildman–Crippen MR) is 7.13 cm³/mol. The maximum absolute atomic E-state index is 8.40. The number of hydrogen-bond acceptors (Lipinski definition) is 2. The molecule has 4 heteroatoms. The van der Waals surface area contributed by atoms with Crippen molar-refractivity contribution in [1.29, 1.82) is 0 Å². The molecule has 0 aliphatic rings. The van der Waals surface area contributed by atoms with E-state index in [-0.39, 0.29) is 16.5 Å². The van der Waals surface area contributed by atoms with Crippen molar-refractivity contribution in [3.63, 3.8) is 0 Å². The van der Waals surface area contributed by atoms with Gasteiger partial charge in [0.05, 0.1) is 0 Å². The van der Waals surface area contributed by atoms with Gasteiger partial charge < -0.3 is 0 Å². The molecule has 0 aromatic rings. The molecule has 0 unspecified atom stereocenters. The maximum atomic E-state index is 8.40. The standard InChI is InChI=1S/Ni.O2Si/c;1-3-2. The summed E-state index contributed by atoms with van der Waals surface area (Å²) in [5, 5.41) is 0. The molecule has 0 saturated heterocycles. The number of rotatable bonds is 0. The van der Waals surface area contributed by atoms with Crippen molar-refractivity contribution >= 4 is 9.29 Å². The van der Waals surface area contributed by atoms with Crippen molar-refractivity contribution in [3.8, 4) is 0 Å². The van der Waals surface area contributed by atoms with Crippen LogP contribution < -0.4 is 0 Å². The molecule has 0 spiro atoms. The van der Waals surface area contributed by atoms with Crippen molar-refractivity contribution < 1.29 is 25.4 Å². The molecule has 0 rings (SSSR count). The third-order valence-electron chi connectivity index (χ3n) is 0. The minimum absolute atomic E-state index is 0. The third kappa shape index (κ3) is 41.2. The molecule has 2 nitrogen and oxygen atoms in total. The van der Waals surface area contributed by atoms with Crippen molar-refractivity contribution in [2.75, 3.05) is 0 Å². The average Bonchev–Trinajstić information content (AvgIpc) is 0.918. The van der Waals surface area contributed by atoms with Gasteiger partial charge in [-0.05, 0) is 0 Å². The Morgan fingerprint density at radius 3 is 1.25 bits per heavy atom. The van der Waals surface area contributed by atoms with Gasteiger partial charge in [0.25, 0.3) is 0 Å². The summed E-state index contributed by atoms with van der Waals surface area (Å²) in [7, 11) is -1.42. The Labute approximate surface area is 35.4 Å². The van der Waals surface area contributed by atoms with E-state index >= 15 is 0 Å². The first-order valence-corrected chi connectivity index (χ1v) is 1.22. The van der Waals surface area contributed by atoms with E-state index in [1.165, 1.54) is 0 Å². The fourth-order valence-electron chi connectivity index (χ4n) is 0.